The number of hydrogen-bond acceptors (Lipinski definition) is 10. The van der Waals surface area contributed by atoms with Gasteiger partial charge in [0.05, 0.1) is 36.4 Å². The number of fused-ring (bicyclic) bond motifs is 3. The summed E-state index contributed by atoms with van der Waals surface area (Å²) in [7, 11) is 0. The van der Waals surface area contributed by atoms with E-state index in [1.54, 1.807) is 12.1 Å². The molecule has 2 N–H and O–H groups in total. The molecule has 3 fully saturated rings. The molecule has 0 saturated carbocycles. The van der Waals surface area contributed by atoms with Crippen LogP contribution in [0.15, 0.2) is 55.0 Å². The molecule has 224 valence electrons. The van der Waals surface area contributed by atoms with Gasteiger partial charge in [0, 0.05) is 56.4 Å². The van der Waals surface area contributed by atoms with E-state index < -0.39 is 6.09 Å². The van der Waals surface area contributed by atoms with Gasteiger partial charge in [-0.15, -0.1) is 0 Å². The summed E-state index contributed by atoms with van der Waals surface area (Å²) < 4.78 is 13.1. The second-order valence-electron chi connectivity index (χ2n) is 11.5. The van der Waals surface area contributed by atoms with E-state index in [0.29, 0.717) is 11.5 Å². The molecule has 0 aliphatic carbocycles. The predicted molar refractivity (Wildman–Crippen MR) is 161 cm³/mol. The van der Waals surface area contributed by atoms with Gasteiger partial charge >= 0.3 is 6.09 Å². The summed E-state index contributed by atoms with van der Waals surface area (Å²) >= 11 is 0. The zero-order chi connectivity index (χ0) is 29.2. The fourth-order valence-electron chi connectivity index (χ4n) is 6.40. The number of likely N-dealkylation sites (tertiary alicyclic amines) is 1. The number of pyridine rings is 1. The standard InChI is InChI=1S/C31H36N8O4/c40-14-15-42-31(41)34-23-5-3-22(4-6-23)28-35-29(38-19-25-7-8-26(20-38)43-25)27-17-33-39(30(27)36-28)24-9-12-37(13-10-24)18-21-2-1-11-32-16-21/h1-6,11,16-17,24-26,40H,7-10,12-15,18-20H2,(H,34,41). The van der Waals surface area contributed by atoms with Crippen LogP contribution in [-0.4, -0.2) is 92.4 Å². The molecule has 1 amide bonds. The van der Waals surface area contributed by atoms with Gasteiger partial charge in [0.1, 0.15) is 12.4 Å². The molecule has 0 radical (unpaired) electrons. The van der Waals surface area contributed by atoms with Gasteiger partial charge in [-0.2, -0.15) is 5.10 Å². The minimum Gasteiger partial charge on any atom is -0.447 e. The third-order valence-electron chi connectivity index (χ3n) is 8.52. The molecule has 3 aliphatic rings. The minimum absolute atomic E-state index is 0.0545. The van der Waals surface area contributed by atoms with Crippen LogP contribution in [0, 0.1) is 0 Å². The Morgan fingerprint density at radius 1 is 1.02 bits per heavy atom. The normalized spacial score (nSPS) is 20.9. The lowest BCUT2D eigenvalue weighted by molar-refractivity contribution is 0.0303. The lowest BCUT2D eigenvalue weighted by Gasteiger charge is -2.33. The van der Waals surface area contributed by atoms with Crippen LogP contribution < -0.4 is 10.2 Å². The highest BCUT2D eigenvalue weighted by Crippen LogP contribution is 2.35. The van der Waals surface area contributed by atoms with Gasteiger partial charge < -0.3 is 19.5 Å². The average molecular weight is 585 g/mol. The molecule has 1 aromatic carbocycles. The number of nitrogens with zero attached hydrogens (tertiary/aromatic N) is 7. The Balaban J connectivity index is 1.16. The zero-order valence-electron chi connectivity index (χ0n) is 24.0. The highest BCUT2D eigenvalue weighted by molar-refractivity contribution is 5.89. The van der Waals surface area contributed by atoms with Crippen molar-refractivity contribution in [3.63, 3.8) is 0 Å². The first-order valence-electron chi connectivity index (χ1n) is 15.0. The van der Waals surface area contributed by atoms with E-state index in [-0.39, 0.29) is 31.5 Å². The van der Waals surface area contributed by atoms with Crippen molar-refractivity contribution in [1.82, 2.24) is 29.6 Å². The van der Waals surface area contributed by atoms with Gasteiger partial charge in [0.25, 0.3) is 0 Å². The fraction of sp³-hybridized carbons (Fsp3) is 0.452. The number of piperidine rings is 1. The first-order chi connectivity index (χ1) is 21.1. The third kappa shape index (κ3) is 6.03. The summed E-state index contributed by atoms with van der Waals surface area (Å²) in [5, 5.41) is 17.4. The molecular formula is C31H36N8O4. The first-order valence-corrected chi connectivity index (χ1v) is 15.0. The van der Waals surface area contributed by atoms with Crippen LogP contribution in [0.5, 0.6) is 0 Å². The third-order valence-corrected chi connectivity index (χ3v) is 8.52. The molecule has 12 heteroatoms. The largest absolute Gasteiger partial charge is 0.447 e. The van der Waals surface area contributed by atoms with E-state index in [0.717, 1.165) is 80.8 Å². The van der Waals surface area contributed by atoms with Gasteiger partial charge in [-0.1, -0.05) is 6.07 Å². The van der Waals surface area contributed by atoms with Crippen molar-refractivity contribution in [1.29, 1.82) is 0 Å². The predicted octanol–water partition coefficient (Wildman–Crippen LogP) is 3.63. The Morgan fingerprint density at radius 2 is 1.81 bits per heavy atom. The number of nitrogens with one attached hydrogen (secondary N) is 1. The molecule has 3 aromatic heterocycles. The van der Waals surface area contributed by atoms with Crippen LogP contribution in [-0.2, 0) is 16.0 Å². The summed E-state index contributed by atoms with van der Waals surface area (Å²) in [6.45, 7) is 4.19. The van der Waals surface area contributed by atoms with Gasteiger partial charge in [-0.25, -0.2) is 19.4 Å². The summed E-state index contributed by atoms with van der Waals surface area (Å²) in [6, 6.07) is 11.8. The molecule has 12 nitrogen and oxygen atoms in total. The first kappa shape index (κ1) is 27.7. The fourth-order valence-corrected chi connectivity index (χ4v) is 6.40. The molecule has 3 saturated heterocycles. The van der Waals surface area contributed by atoms with Crippen LogP contribution in [0.4, 0.5) is 16.3 Å². The van der Waals surface area contributed by atoms with E-state index in [4.69, 9.17) is 29.6 Å². The molecule has 0 spiro atoms. The zero-order valence-corrected chi connectivity index (χ0v) is 24.0. The summed E-state index contributed by atoms with van der Waals surface area (Å²) in [5.41, 5.74) is 3.50. The Hall–Kier alpha value is -4.13. The van der Waals surface area contributed by atoms with Gasteiger partial charge in [-0.05, 0) is 61.6 Å². The van der Waals surface area contributed by atoms with Gasteiger partial charge in [-0.3, -0.25) is 15.2 Å². The average Bonchev–Trinajstić information content (AvgIpc) is 3.62. The van der Waals surface area contributed by atoms with Crippen LogP contribution in [0.2, 0.25) is 0 Å². The highest BCUT2D eigenvalue weighted by Gasteiger charge is 2.36. The maximum absolute atomic E-state index is 11.9. The summed E-state index contributed by atoms with van der Waals surface area (Å²) in [6.07, 6.45) is 9.65. The Bertz CT molecular complexity index is 1540. The molecular weight excluding hydrogens is 548 g/mol. The SMILES string of the molecule is O=C(Nc1ccc(-c2nc(N3CC4CCC(C3)O4)c3cnn(C4CCN(Cc5cccnc5)CC4)c3n2)cc1)OCCO. The van der Waals surface area contributed by atoms with Crippen molar-refractivity contribution in [2.75, 3.05) is 49.6 Å². The van der Waals surface area contributed by atoms with Crippen LogP contribution >= 0.6 is 0 Å². The van der Waals surface area contributed by atoms with Crippen molar-refractivity contribution < 1.29 is 19.4 Å². The van der Waals surface area contributed by atoms with E-state index >= 15 is 0 Å². The Labute approximate surface area is 249 Å². The topological polar surface area (TPSA) is 131 Å². The number of aliphatic hydroxyl groups excluding tert-OH is 1. The number of benzene rings is 1. The second-order valence-corrected chi connectivity index (χ2v) is 11.5. The van der Waals surface area contributed by atoms with Crippen molar-refractivity contribution in [3.8, 4) is 11.4 Å². The van der Waals surface area contributed by atoms with Crippen LogP contribution in [0.1, 0.15) is 37.3 Å². The lowest BCUT2D eigenvalue weighted by atomic mass is 10.0. The minimum atomic E-state index is -0.612. The molecule has 3 aliphatic heterocycles. The van der Waals surface area contributed by atoms with Crippen molar-refractivity contribution in [3.05, 3.63) is 60.6 Å². The van der Waals surface area contributed by atoms with E-state index in [1.807, 2.05) is 36.8 Å². The molecule has 4 aromatic rings. The number of carbonyl (C=O) groups excluding carboxylic acids is 1. The van der Waals surface area contributed by atoms with Crippen molar-refractivity contribution in [2.45, 2.75) is 50.5 Å². The monoisotopic (exact) mass is 584 g/mol. The number of aromatic nitrogens is 5. The number of hydrogen-bond donors (Lipinski definition) is 2. The second kappa shape index (κ2) is 12.2. The lowest BCUT2D eigenvalue weighted by Crippen LogP contribution is -2.43. The maximum atomic E-state index is 11.9. The molecule has 2 bridgehead atoms. The Kier molecular flexibility index (Phi) is 7.88. The number of aliphatic hydroxyl groups is 1. The molecule has 2 unspecified atom stereocenters. The van der Waals surface area contributed by atoms with Crippen molar-refractivity contribution >= 4 is 28.6 Å². The molecule has 43 heavy (non-hydrogen) atoms. The maximum Gasteiger partial charge on any atom is 0.411 e. The summed E-state index contributed by atoms with van der Waals surface area (Å²) in [5.74, 6) is 1.52. The number of anilines is 2. The quantitative estimate of drug-likeness (QED) is 0.317. The van der Waals surface area contributed by atoms with E-state index in [2.05, 4.69) is 30.8 Å². The van der Waals surface area contributed by atoms with Crippen LogP contribution in [0.3, 0.4) is 0 Å². The number of ether oxygens (including phenoxy) is 2. The summed E-state index contributed by atoms with van der Waals surface area (Å²) in [4.78, 5) is 31.2. The number of carbonyl (C=O) groups is 1. The smallest absolute Gasteiger partial charge is 0.411 e. The highest BCUT2D eigenvalue weighted by atomic mass is 16.6. The molecule has 6 heterocycles. The van der Waals surface area contributed by atoms with Gasteiger partial charge in [0.2, 0.25) is 0 Å². The van der Waals surface area contributed by atoms with Gasteiger partial charge in [0.15, 0.2) is 11.5 Å². The number of morpholine rings is 1. The van der Waals surface area contributed by atoms with Crippen LogP contribution in [0.25, 0.3) is 22.4 Å². The van der Waals surface area contributed by atoms with Crippen molar-refractivity contribution in [2.24, 2.45) is 0 Å². The van der Waals surface area contributed by atoms with E-state index in [1.165, 1.54) is 5.56 Å². The number of amides is 1. The molecule has 7 rings (SSSR count). The van der Waals surface area contributed by atoms with E-state index in [9.17, 15) is 4.79 Å². The molecule has 2 atom stereocenters. The number of rotatable bonds is 8. The Morgan fingerprint density at radius 3 is 2.53 bits per heavy atom.